The lowest BCUT2D eigenvalue weighted by atomic mass is 10.1. The van der Waals surface area contributed by atoms with Crippen molar-refractivity contribution in [3.8, 4) is 0 Å². The molecule has 0 aliphatic heterocycles. The summed E-state index contributed by atoms with van der Waals surface area (Å²) in [5, 5.41) is 6.52. The molecule has 1 rings (SSSR count). The van der Waals surface area contributed by atoms with Crippen molar-refractivity contribution in [2.45, 2.75) is 33.2 Å². The van der Waals surface area contributed by atoms with E-state index in [1.165, 1.54) is 0 Å². The van der Waals surface area contributed by atoms with Crippen LogP contribution in [0, 0.1) is 6.92 Å². The summed E-state index contributed by atoms with van der Waals surface area (Å²) in [4.78, 5) is 8.65. The standard InChI is InChI=1S/C11H20N4S/c1-8-13-9(12-5-6-16)7-10(14-8)15-11(2,3)4/h7,16H,5-6H2,1-4H3,(H2,12,13,14,15). The molecular weight excluding hydrogens is 220 g/mol. The Morgan fingerprint density at radius 3 is 2.44 bits per heavy atom. The molecule has 0 spiro atoms. The van der Waals surface area contributed by atoms with Crippen molar-refractivity contribution in [1.82, 2.24) is 9.97 Å². The topological polar surface area (TPSA) is 49.8 Å². The van der Waals surface area contributed by atoms with Gasteiger partial charge in [0.15, 0.2) is 0 Å². The van der Waals surface area contributed by atoms with Crippen LogP contribution in [0.3, 0.4) is 0 Å². The Morgan fingerprint density at radius 2 is 1.88 bits per heavy atom. The fraction of sp³-hybridized carbons (Fsp3) is 0.636. The number of hydrogen-bond acceptors (Lipinski definition) is 5. The summed E-state index contributed by atoms with van der Waals surface area (Å²) >= 11 is 4.15. The SMILES string of the molecule is Cc1nc(NCCS)cc(NC(C)(C)C)n1. The predicted molar refractivity (Wildman–Crippen MR) is 72.5 cm³/mol. The summed E-state index contributed by atoms with van der Waals surface area (Å²) in [6.45, 7) is 9.00. The molecular formula is C11H20N4S. The van der Waals surface area contributed by atoms with Crippen molar-refractivity contribution >= 4 is 24.3 Å². The Labute approximate surface area is 103 Å². The van der Waals surface area contributed by atoms with E-state index >= 15 is 0 Å². The van der Waals surface area contributed by atoms with E-state index in [0.717, 1.165) is 29.8 Å². The second-order valence-corrected chi connectivity index (χ2v) is 5.16. The molecule has 0 saturated carbocycles. The zero-order chi connectivity index (χ0) is 12.2. The first kappa shape index (κ1) is 13.1. The Hall–Kier alpha value is -0.970. The maximum atomic E-state index is 4.35. The maximum Gasteiger partial charge on any atom is 0.132 e. The molecule has 0 atom stereocenters. The average molecular weight is 240 g/mol. The van der Waals surface area contributed by atoms with Crippen LogP contribution < -0.4 is 10.6 Å². The molecule has 1 aromatic heterocycles. The average Bonchev–Trinajstić information content (AvgIpc) is 2.10. The normalized spacial score (nSPS) is 11.3. The van der Waals surface area contributed by atoms with E-state index in [9.17, 15) is 0 Å². The molecule has 4 nitrogen and oxygen atoms in total. The monoisotopic (exact) mass is 240 g/mol. The third kappa shape index (κ3) is 4.70. The highest BCUT2D eigenvalue weighted by atomic mass is 32.1. The van der Waals surface area contributed by atoms with Gasteiger partial charge in [0, 0.05) is 23.9 Å². The van der Waals surface area contributed by atoms with Crippen LogP contribution in [-0.4, -0.2) is 27.8 Å². The molecule has 0 amide bonds. The third-order valence-corrected chi connectivity index (χ3v) is 1.98. The van der Waals surface area contributed by atoms with Gasteiger partial charge in [0.2, 0.25) is 0 Å². The highest BCUT2D eigenvalue weighted by Gasteiger charge is 2.11. The van der Waals surface area contributed by atoms with Crippen molar-refractivity contribution < 1.29 is 0 Å². The molecule has 1 heterocycles. The van der Waals surface area contributed by atoms with Gasteiger partial charge in [0.1, 0.15) is 17.5 Å². The number of nitrogens with zero attached hydrogens (tertiary/aromatic N) is 2. The minimum Gasteiger partial charge on any atom is -0.369 e. The zero-order valence-electron chi connectivity index (χ0n) is 10.3. The van der Waals surface area contributed by atoms with E-state index in [0.29, 0.717) is 0 Å². The van der Waals surface area contributed by atoms with Crippen molar-refractivity contribution in [1.29, 1.82) is 0 Å². The van der Waals surface area contributed by atoms with Crippen molar-refractivity contribution in [2.75, 3.05) is 22.9 Å². The van der Waals surface area contributed by atoms with E-state index in [4.69, 9.17) is 0 Å². The van der Waals surface area contributed by atoms with Gasteiger partial charge in [-0.2, -0.15) is 12.6 Å². The first-order valence-electron chi connectivity index (χ1n) is 5.39. The number of rotatable bonds is 4. The number of thiol groups is 1. The largest absolute Gasteiger partial charge is 0.369 e. The predicted octanol–water partition coefficient (Wildman–Crippen LogP) is 2.34. The van der Waals surface area contributed by atoms with Crippen molar-refractivity contribution in [3.63, 3.8) is 0 Å². The molecule has 90 valence electrons. The lowest BCUT2D eigenvalue weighted by Crippen LogP contribution is -2.27. The van der Waals surface area contributed by atoms with Crippen LogP contribution in [-0.2, 0) is 0 Å². The summed E-state index contributed by atoms with van der Waals surface area (Å²) in [5.41, 5.74) is 0.00160. The molecule has 0 aliphatic carbocycles. The number of anilines is 2. The first-order valence-corrected chi connectivity index (χ1v) is 6.02. The lowest BCUT2D eigenvalue weighted by Gasteiger charge is -2.21. The number of aryl methyl sites for hydroxylation is 1. The molecule has 0 saturated heterocycles. The molecule has 0 aliphatic rings. The number of hydrogen-bond donors (Lipinski definition) is 3. The maximum absolute atomic E-state index is 4.35. The van der Waals surface area contributed by atoms with E-state index in [1.807, 2.05) is 13.0 Å². The lowest BCUT2D eigenvalue weighted by molar-refractivity contribution is 0.629. The number of aromatic nitrogens is 2. The molecule has 2 N–H and O–H groups in total. The minimum absolute atomic E-state index is 0.00160. The van der Waals surface area contributed by atoms with E-state index in [1.54, 1.807) is 0 Å². The van der Waals surface area contributed by atoms with Gasteiger partial charge in [-0.25, -0.2) is 9.97 Å². The molecule has 1 aromatic rings. The molecule has 16 heavy (non-hydrogen) atoms. The Kier molecular flexibility index (Phi) is 4.41. The zero-order valence-corrected chi connectivity index (χ0v) is 11.2. The molecule has 0 aromatic carbocycles. The molecule has 5 heteroatoms. The second kappa shape index (κ2) is 5.39. The highest BCUT2D eigenvalue weighted by molar-refractivity contribution is 7.80. The smallest absolute Gasteiger partial charge is 0.132 e. The Morgan fingerprint density at radius 1 is 1.25 bits per heavy atom. The van der Waals surface area contributed by atoms with Gasteiger partial charge < -0.3 is 10.6 Å². The van der Waals surface area contributed by atoms with Crippen molar-refractivity contribution in [3.05, 3.63) is 11.9 Å². The van der Waals surface area contributed by atoms with Gasteiger partial charge in [-0.1, -0.05) is 0 Å². The van der Waals surface area contributed by atoms with Crippen LogP contribution in [0.2, 0.25) is 0 Å². The molecule has 0 radical (unpaired) electrons. The Bertz CT molecular complexity index is 346. The van der Waals surface area contributed by atoms with Gasteiger partial charge >= 0.3 is 0 Å². The van der Waals surface area contributed by atoms with E-state index in [-0.39, 0.29) is 5.54 Å². The fourth-order valence-corrected chi connectivity index (χ4v) is 1.40. The summed E-state index contributed by atoms with van der Waals surface area (Å²) in [6, 6.07) is 1.92. The van der Waals surface area contributed by atoms with Gasteiger partial charge in [0.25, 0.3) is 0 Å². The van der Waals surface area contributed by atoms with Crippen LogP contribution in [0.4, 0.5) is 11.6 Å². The van der Waals surface area contributed by atoms with Crippen molar-refractivity contribution in [2.24, 2.45) is 0 Å². The highest BCUT2D eigenvalue weighted by Crippen LogP contribution is 2.15. The van der Waals surface area contributed by atoms with Gasteiger partial charge in [-0.3, -0.25) is 0 Å². The summed E-state index contributed by atoms with van der Waals surface area (Å²) in [5.74, 6) is 3.23. The van der Waals surface area contributed by atoms with E-state index in [2.05, 4.69) is 54.0 Å². The number of nitrogens with one attached hydrogen (secondary N) is 2. The van der Waals surface area contributed by atoms with Crippen LogP contribution >= 0.6 is 12.6 Å². The van der Waals surface area contributed by atoms with Gasteiger partial charge in [0.05, 0.1) is 0 Å². The fourth-order valence-electron chi connectivity index (χ4n) is 1.29. The van der Waals surface area contributed by atoms with E-state index < -0.39 is 0 Å². The van der Waals surface area contributed by atoms with Crippen LogP contribution in [0.1, 0.15) is 26.6 Å². The van der Waals surface area contributed by atoms with Crippen LogP contribution in [0.15, 0.2) is 6.07 Å². The minimum atomic E-state index is 0.00160. The summed E-state index contributed by atoms with van der Waals surface area (Å²) in [7, 11) is 0. The van der Waals surface area contributed by atoms with Gasteiger partial charge in [-0.05, 0) is 27.7 Å². The third-order valence-electron chi connectivity index (χ3n) is 1.76. The second-order valence-electron chi connectivity index (χ2n) is 4.71. The molecule has 0 fully saturated rings. The van der Waals surface area contributed by atoms with Gasteiger partial charge in [-0.15, -0.1) is 0 Å². The first-order chi connectivity index (χ1) is 7.40. The molecule has 0 bridgehead atoms. The van der Waals surface area contributed by atoms with Crippen LogP contribution in [0.25, 0.3) is 0 Å². The summed E-state index contributed by atoms with van der Waals surface area (Å²) in [6.07, 6.45) is 0. The molecule has 0 unspecified atom stereocenters. The summed E-state index contributed by atoms with van der Waals surface area (Å²) < 4.78 is 0. The van der Waals surface area contributed by atoms with Crippen LogP contribution in [0.5, 0.6) is 0 Å². The Balaban J connectivity index is 2.81. The quantitative estimate of drug-likeness (QED) is 0.707.